The Labute approximate surface area is 180 Å². The van der Waals surface area contributed by atoms with Gasteiger partial charge in [0.05, 0.1) is 11.9 Å². The van der Waals surface area contributed by atoms with Crippen molar-refractivity contribution < 1.29 is 14.0 Å². The maximum atomic E-state index is 13.1. The zero-order valence-electron chi connectivity index (χ0n) is 17.2. The van der Waals surface area contributed by atoms with Crippen molar-refractivity contribution in [3.05, 3.63) is 89.4 Å². The lowest BCUT2D eigenvalue weighted by Gasteiger charge is -2.35. The molecule has 3 aromatic rings. The third kappa shape index (κ3) is 4.88. The van der Waals surface area contributed by atoms with Crippen LogP contribution in [0.5, 0.6) is 0 Å². The molecule has 1 N–H and O–H groups in total. The first kappa shape index (κ1) is 20.5. The van der Waals surface area contributed by atoms with Crippen molar-refractivity contribution in [2.75, 3.05) is 36.4 Å². The molecular weight excluding hydrogens is 395 g/mol. The van der Waals surface area contributed by atoms with Crippen LogP contribution in [-0.4, -0.2) is 47.9 Å². The van der Waals surface area contributed by atoms with Crippen LogP contribution in [0.3, 0.4) is 0 Å². The first-order valence-electron chi connectivity index (χ1n) is 10.1. The first-order valence-corrected chi connectivity index (χ1v) is 10.1. The summed E-state index contributed by atoms with van der Waals surface area (Å²) in [6, 6.07) is 16.7. The summed E-state index contributed by atoms with van der Waals surface area (Å²) in [4.78, 5) is 33.2. The molecule has 1 aromatic heterocycles. The Balaban J connectivity index is 1.33. The number of rotatable bonds is 4. The Morgan fingerprint density at radius 2 is 1.52 bits per heavy atom. The fourth-order valence-electron chi connectivity index (χ4n) is 3.47. The second-order valence-corrected chi connectivity index (χ2v) is 7.51. The van der Waals surface area contributed by atoms with E-state index < -0.39 is 0 Å². The predicted octanol–water partition coefficient (Wildman–Crippen LogP) is 3.74. The molecule has 1 saturated heterocycles. The standard InChI is InChI=1S/C24H23FN4O2/c1-17-2-4-18(5-3-17)23(30)27-21-10-11-22(26-16-21)28-12-14-29(15-13-28)24(31)19-6-8-20(25)9-7-19/h2-11,16H,12-15H2,1H3,(H,27,30). The quantitative estimate of drug-likeness (QED) is 0.701. The van der Waals surface area contributed by atoms with E-state index in [0.717, 1.165) is 11.4 Å². The number of carbonyl (C=O) groups is 2. The fraction of sp³-hybridized carbons (Fsp3) is 0.208. The molecule has 1 aliphatic rings. The van der Waals surface area contributed by atoms with Crippen LogP contribution in [0, 0.1) is 12.7 Å². The number of aryl methyl sites for hydroxylation is 1. The van der Waals surface area contributed by atoms with Crippen LogP contribution in [-0.2, 0) is 0 Å². The molecule has 0 aliphatic carbocycles. The molecule has 0 saturated carbocycles. The number of nitrogens with zero attached hydrogens (tertiary/aromatic N) is 3. The molecule has 6 nitrogen and oxygen atoms in total. The third-order valence-corrected chi connectivity index (χ3v) is 5.30. The summed E-state index contributed by atoms with van der Waals surface area (Å²) in [5.74, 6) is 0.164. The van der Waals surface area contributed by atoms with Gasteiger partial charge in [0.15, 0.2) is 0 Å². The van der Waals surface area contributed by atoms with E-state index in [1.165, 1.54) is 24.3 Å². The van der Waals surface area contributed by atoms with Gasteiger partial charge in [-0.15, -0.1) is 0 Å². The van der Waals surface area contributed by atoms with Crippen molar-refractivity contribution in [3.63, 3.8) is 0 Å². The SMILES string of the molecule is Cc1ccc(C(=O)Nc2ccc(N3CCN(C(=O)c4ccc(F)cc4)CC3)nc2)cc1. The van der Waals surface area contributed by atoms with Gasteiger partial charge in [-0.05, 0) is 55.5 Å². The van der Waals surface area contributed by atoms with Crippen LogP contribution < -0.4 is 10.2 Å². The average Bonchev–Trinajstić information content (AvgIpc) is 2.80. The minimum atomic E-state index is -0.356. The molecular formula is C24H23FN4O2. The summed E-state index contributed by atoms with van der Waals surface area (Å²) in [6.07, 6.45) is 1.64. The predicted molar refractivity (Wildman–Crippen MR) is 118 cm³/mol. The largest absolute Gasteiger partial charge is 0.353 e. The third-order valence-electron chi connectivity index (χ3n) is 5.30. The lowest BCUT2D eigenvalue weighted by atomic mass is 10.1. The highest BCUT2D eigenvalue weighted by Crippen LogP contribution is 2.18. The van der Waals surface area contributed by atoms with Crippen LogP contribution in [0.2, 0.25) is 0 Å². The Morgan fingerprint density at radius 1 is 0.871 bits per heavy atom. The van der Waals surface area contributed by atoms with Crippen molar-refractivity contribution in [1.82, 2.24) is 9.88 Å². The molecule has 0 unspecified atom stereocenters. The number of amides is 2. The number of anilines is 2. The number of pyridine rings is 1. The molecule has 158 valence electrons. The number of carbonyl (C=O) groups excluding carboxylic acids is 2. The number of nitrogens with one attached hydrogen (secondary N) is 1. The second-order valence-electron chi connectivity index (χ2n) is 7.51. The molecule has 2 amide bonds. The highest BCUT2D eigenvalue weighted by Gasteiger charge is 2.23. The molecule has 2 heterocycles. The lowest BCUT2D eigenvalue weighted by molar-refractivity contribution is 0.0746. The van der Waals surface area contributed by atoms with E-state index in [1.807, 2.05) is 31.2 Å². The second kappa shape index (κ2) is 8.95. The van der Waals surface area contributed by atoms with Gasteiger partial charge in [-0.25, -0.2) is 9.37 Å². The zero-order valence-corrected chi connectivity index (χ0v) is 17.2. The Hall–Kier alpha value is -3.74. The molecule has 4 rings (SSSR count). The topological polar surface area (TPSA) is 65.5 Å². The van der Waals surface area contributed by atoms with Gasteiger partial charge in [-0.2, -0.15) is 0 Å². The maximum absolute atomic E-state index is 13.1. The number of hydrogen-bond acceptors (Lipinski definition) is 4. The molecule has 2 aromatic carbocycles. The van der Waals surface area contributed by atoms with E-state index in [9.17, 15) is 14.0 Å². The van der Waals surface area contributed by atoms with Gasteiger partial charge in [-0.3, -0.25) is 9.59 Å². The van der Waals surface area contributed by atoms with Crippen molar-refractivity contribution in [2.45, 2.75) is 6.92 Å². The van der Waals surface area contributed by atoms with Crippen LogP contribution in [0.15, 0.2) is 66.9 Å². The van der Waals surface area contributed by atoms with Gasteiger partial charge in [0.1, 0.15) is 11.6 Å². The summed E-state index contributed by atoms with van der Waals surface area (Å²) in [7, 11) is 0. The van der Waals surface area contributed by atoms with Crippen molar-refractivity contribution in [3.8, 4) is 0 Å². The maximum Gasteiger partial charge on any atom is 0.255 e. The smallest absolute Gasteiger partial charge is 0.255 e. The Bertz CT molecular complexity index is 1060. The summed E-state index contributed by atoms with van der Waals surface area (Å²) < 4.78 is 13.1. The lowest BCUT2D eigenvalue weighted by Crippen LogP contribution is -2.49. The molecule has 0 bridgehead atoms. The molecule has 7 heteroatoms. The number of hydrogen-bond donors (Lipinski definition) is 1. The monoisotopic (exact) mass is 418 g/mol. The van der Waals surface area contributed by atoms with E-state index >= 15 is 0 Å². The summed E-state index contributed by atoms with van der Waals surface area (Å²) in [5.41, 5.74) is 2.81. The number of benzene rings is 2. The van der Waals surface area contributed by atoms with Gasteiger partial charge >= 0.3 is 0 Å². The fourth-order valence-corrected chi connectivity index (χ4v) is 3.47. The Morgan fingerprint density at radius 3 is 2.13 bits per heavy atom. The van der Waals surface area contributed by atoms with Gasteiger partial charge in [-0.1, -0.05) is 17.7 Å². The summed E-state index contributed by atoms with van der Waals surface area (Å²) in [5, 5.41) is 2.85. The zero-order chi connectivity index (χ0) is 21.8. The molecule has 1 fully saturated rings. The average molecular weight is 418 g/mol. The van der Waals surface area contributed by atoms with Gasteiger partial charge < -0.3 is 15.1 Å². The van der Waals surface area contributed by atoms with Crippen LogP contribution in [0.25, 0.3) is 0 Å². The van der Waals surface area contributed by atoms with Gasteiger partial charge in [0.25, 0.3) is 11.8 Å². The van der Waals surface area contributed by atoms with Crippen LogP contribution >= 0.6 is 0 Å². The summed E-state index contributed by atoms with van der Waals surface area (Å²) >= 11 is 0. The molecule has 0 spiro atoms. The summed E-state index contributed by atoms with van der Waals surface area (Å²) in [6.45, 7) is 4.39. The van der Waals surface area contributed by atoms with Gasteiger partial charge in [0, 0.05) is 37.3 Å². The van der Waals surface area contributed by atoms with Crippen LogP contribution in [0.4, 0.5) is 15.9 Å². The highest BCUT2D eigenvalue weighted by molar-refractivity contribution is 6.04. The number of aromatic nitrogens is 1. The van der Waals surface area contributed by atoms with Crippen LogP contribution in [0.1, 0.15) is 26.3 Å². The van der Waals surface area contributed by atoms with E-state index in [1.54, 1.807) is 23.2 Å². The Kier molecular flexibility index (Phi) is 5.93. The van der Waals surface area contributed by atoms with E-state index in [2.05, 4.69) is 15.2 Å². The highest BCUT2D eigenvalue weighted by atomic mass is 19.1. The van der Waals surface area contributed by atoms with Crippen molar-refractivity contribution in [2.24, 2.45) is 0 Å². The molecule has 31 heavy (non-hydrogen) atoms. The van der Waals surface area contributed by atoms with Crippen molar-refractivity contribution >= 4 is 23.3 Å². The van der Waals surface area contributed by atoms with Gasteiger partial charge in [0.2, 0.25) is 0 Å². The molecule has 1 aliphatic heterocycles. The minimum Gasteiger partial charge on any atom is -0.353 e. The number of halogens is 1. The van der Waals surface area contributed by atoms with Crippen molar-refractivity contribution in [1.29, 1.82) is 0 Å². The normalized spacial score (nSPS) is 13.7. The molecule has 0 radical (unpaired) electrons. The minimum absolute atomic E-state index is 0.0956. The van der Waals surface area contributed by atoms with E-state index in [0.29, 0.717) is 43.0 Å². The van der Waals surface area contributed by atoms with E-state index in [-0.39, 0.29) is 17.6 Å². The molecule has 0 atom stereocenters. The number of piperazine rings is 1. The first-order chi connectivity index (χ1) is 15.0. The van der Waals surface area contributed by atoms with E-state index in [4.69, 9.17) is 0 Å².